The van der Waals surface area contributed by atoms with Gasteiger partial charge in [0.25, 0.3) is 0 Å². The normalized spacial score (nSPS) is 13.1. The first-order valence-electron chi connectivity index (χ1n) is 4.94. The van der Waals surface area contributed by atoms with Crippen molar-refractivity contribution in [1.82, 2.24) is 4.98 Å². The Balaban J connectivity index is 2.57. The van der Waals surface area contributed by atoms with Crippen LogP contribution in [0.3, 0.4) is 0 Å². The van der Waals surface area contributed by atoms with Crippen molar-refractivity contribution >= 4 is 11.3 Å². The predicted octanol–water partition coefficient (Wildman–Crippen LogP) is 2.05. The van der Waals surface area contributed by atoms with E-state index in [1.807, 2.05) is 20.8 Å². The molecule has 80 valence electrons. The molecule has 1 unspecified atom stereocenters. The van der Waals surface area contributed by atoms with Gasteiger partial charge in [-0.05, 0) is 20.8 Å². The van der Waals surface area contributed by atoms with Crippen molar-refractivity contribution in [3.05, 3.63) is 15.6 Å². The Labute approximate surface area is 89.3 Å². The maximum atomic E-state index is 5.82. The van der Waals surface area contributed by atoms with E-state index in [1.165, 1.54) is 4.88 Å². The standard InChI is InChI=1S/C10H18N2OS/c1-4-13-6-5-9-12-8(3)10(14-9)7(2)11/h7H,4-6,11H2,1-3H3. The smallest absolute Gasteiger partial charge is 0.0954 e. The Morgan fingerprint density at radius 2 is 2.29 bits per heavy atom. The van der Waals surface area contributed by atoms with E-state index in [1.54, 1.807) is 11.3 Å². The highest BCUT2D eigenvalue weighted by Gasteiger charge is 2.10. The molecule has 0 aromatic carbocycles. The Bertz CT molecular complexity index is 284. The van der Waals surface area contributed by atoms with Crippen LogP contribution < -0.4 is 5.73 Å². The number of aryl methyl sites for hydroxylation is 1. The zero-order chi connectivity index (χ0) is 10.6. The molecule has 14 heavy (non-hydrogen) atoms. The van der Waals surface area contributed by atoms with Crippen LogP contribution in [-0.4, -0.2) is 18.2 Å². The number of nitrogens with zero attached hydrogens (tertiary/aromatic N) is 1. The average molecular weight is 214 g/mol. The summed E-state index contributed by atoms with van der Waals surface area (Å²) in [5, 5.41) is 1.13. The van der Waals surface area contributed by atoms with E-state index in [-0.39, 0.29) is 6.04 Å². The van der Waals surface area contributed by atoms with Gasteiger partial charge < -0.3 is 10.5 Å². The second-order valence-electron chi connectivity index (χ2n) is 3.29. The minimum Gasteiger partial charge on any atom is -0.381 e. The third-order valence-electron chi connectivity index (χ3n) is 1.95. The SMILES string of the molecule is CCOCCc1nc(C)c(C(C)N)s1. The summed E-state index contributed by atoms with van der Waals surface area (Å²) in [4.78, 5) is 5.65. The molecule has 1 atom stereocenters. The molecule has 0 aliphatic carbocycles. The lowest BCUT2D eigenvalue weighted by molar-refractivity contribution is 0.151. The summed E-state index contributed by atoms with van der Waals surface area (Å²) in [6.07, 6.45) is 0.895. The second kappa shape index (κ2) is 5.44. The molecule has 1 heterocycles. The van der Waals surface area contributed by atoms with E-state index in [0.717, 1.165) is 30.3 Å². The highest BCUT2D eigenvalue weighted by molar-refractivity contribution is 7.11. The van der Waals surface area contributed by atoms with E-state index in [2.05, 4.69) is 4.98 Å². The quantitative estimate of drug-likeness (QED) is 0.763. The van der Waals surface area contributed by atoms with Gasteiger partial charge in [-0.15, -0.1) is 11.3 Å². The van der Waals surface area contributed by atoms with Gasteiger partial charge in [-0.1, -0.05) is 0 Å². The van der Waals surface area contributed by atoms with Crippen molar-refractivity contribution in [3.63, 3.8) is 0 Å². The van der Waals surface area contributed by atoms with Crippen LogP contribution in [0.4, 0.5) is 0 Å². The number of hydrogen-bond donors (Lipinski definition) is 1. The molecular weight excluding hydrogens is 196 g/mol. The van der Waals surface area contributed by atoms with Gasteiger partial charge >= 0.3 is 0 Å². The minimum atomic E-state index is 0.0911. The van der Waals surface area contributed by atoms with Gasteiger partial charge in [0.05, 0.1) is 17.3 Å². The molecule has 0 bridgehead atoms. The average Bonchev–Trinajstić information content (AvgIpc) is 2.47. The van der Waals surface area contributed by atoms with Crippen LogP contribution in [0.25, 0.3) is 0 Å². The molecule has 1 aromatic rings. The molecule has 4 heteroatoms. The van der Waals surface area contributed by atoms with Gasteiger partial charge in [0.1, 0.15) is 0 Å². The number of rotatable bonds is 5. The van der Waals surface area contributed by atoms with Gasteiger partial charge in [-0.3, -0.25) is 0 Å². The van der Waals surface area contributed by atoms with Crippen LogP contribution >= 0.6 is 11.3 Å². The van der Waals surface area contributed by atoms with E-state index < -0.39 is 0 Å². The van der Waals surface area contributed by atoms with Crippen molar-refractivity contribution < 1.29 is 4.74 Å². The van der Waals surface area contributed by atoms with Crippen molar-refractivity contribution in [2.75, 3.05) is 13.2 Å². The fourth-order valence-corrected chi connectivity index (χ4v) is 2.30. The van der Waals surface area contributed by atoms with Crippen LogP contribution in [0.2, 0.25) is 0 Å². The lowest BCUT2D eigenvalue weighted by Crippen LogP contribution is -2.03. The molecule has 0 saturated heterocycles. The molecule has 0 aliphatic heterocycles. The highest BCUT2D eigenvalue weighted by atomic mass is 32.1. The fraction of sp³-hybridized carbons (Fsp3) is 0.700. The summed E-state index contributed by atoms with van der Waals surface area (Å²) in [6, 6.07) is 0.0911. The molecule has 3 nitrogen and oxygen atoms in total. The third kappa shape index (κ3) is 3.04. The largest absolute Gasteiger partial charge is 0.381 e. The Morgan fingerprint density at radius 1 is 1.57 bits per heavy atom. The van der Waals surface area contributed by atoms with Gasteiger partial charge in [-0.2, -0.15) is 0 Å². The van der Waals surface area contributed by atoms with Crippen molar-refractivity contribution in [2.24, 2.45) is 5.73 Å². The minimum absolute atomic E-state index is 0.0911. The van der Waals surface area contributed by atoms with Crippen LogP contribution in [0, 0.1) is 6.92 Å². The summed E-state index contributed by atoms with van der Waals surface area (Å²) < 4.78 is 5.28. The molecule has 0 aliphatic rings. The van der Waals surface area contributed by atoms with E-state index >= 15 is 0 Å². The molecule has 0 radical (unpaired) electrons. The van der Waals surface area contributed by atoms with Crippen LogP contribution in [0.15, 0.2) is 0 Å². The number of nitrogens with two attached hydrogens (primary N) is 1. The molecule has 0 saturated carbocycles. The molecule has 0 amide bonds. The zero-order valence-corrected chi connectivity index (χ0v) is 9.86. The van der Waals surface area contributed by atoms with Gasteiger partial charge in [0.2, 0.25) is 0 Å². The van der Waals surface area contributed by atoms with E-state index in [9.17, 15) is 0 Å². The summed E-state index contributed by atoms with van der Waals surface area (Å²) >= 11 is 1.70. The fourth-order valence-electron chi connectivity index (χ4n) is 1.30. The van der Waals surface area contributed by atoms with Crippen molar-refractivity contribution in [1.29, 1.82) is 0 Å². The van der Waals surface area contributed by atoms with Crippen LogP contribution in [0.1, 0.15) is 35.5 Å². The molecule has 2 N–H and O–H groups in total. The van der Waals surface area contributed by atoms with Gasteiger partial charge in [-0.25, -0.2) is 4.98 Å². The Kier molecular flexibility index (Phi) is 4.51. The third-order valence-corrected chi connectivity index (χ3v) is 3.37. The predicted molar refractivity (Wildman–Crippen MR) is 59.7 cm³/mol. The Hall–Kier alpha value is -0.450. The van der Waals surface area contributed by atoms with Crippen molar-refractivity contribution in [3.8, 4) is 0 Å². The first-order chi connectivity index (χ1) is 6.65. The van der Waals surface area contributed by atoms with E-state index in [4.69, 9.17) is 10.5 Å². The molecule has 1 rings (SSSR count). The van der Waals surface area contributed by atoms with E-state index in [0.29, 0.717) is 0 Å². The monoisotopic (exact) mass is 214 g/mol. The molecule has 1 aromatic heterocycles. The maximum Gasteiger partial charge on any atom is 0.0954 e. The topological polar surface area (TPSA) is 48.1 Å². The summed E-state index contributed by atoms with van der Waals surface area (Å²) in [7, 11) is 0. The number of hydrogen-bond acceptors (Lipinski definition) is 4. The summed E-state index contributed by atoms with van der Waals surface area (Å²) in [5.41, 5.74) is 6.89. The second-order valence-corrected chi connectivity index (χ2v) is 4.41. The Morgan fingerprint density at radius 3 is 2.79 bits per heavy atom. The number of ether oxygens (including phenoxy) is 1. The van der Waals surface area contributed by atoms with Crippen LogP contribution in [-0.2, 0) is 11.2 Å². The first kappa shape index (κ1) is 11.6. The van der Waals surface area contributed by atoms with Gasteiger partial charge in [0.15, 0.2) is 0 Å². The lowest BCUT2D eigenvalue weighted by atomic mass is 10.2. The maximum absolute atomic E-state index is 5.82. The first-order valence-corrected chi connectivity index (χ1v) is 5.76. The number of thiazole rings is 1. The lowest BCUT2D eigenvalue weighted by Gasteiger charge is -2.00. The summed E-state index contributed by atoms with van der Waals surface area (Å²) in [5.74, 6) is 0. The molecule has 0 spiro atoms. The van der Waals surface area contributed by atoms with Gasteiger partial charge in [0, 0.05) is 23.9 Å². The molecule has 0 fully saturated rings. The van der Waals surface area contributed by atoms with Crippen LogP contribution in [0.5, 0.6) is 0 Å². The molecular formula is C10H18N2OS. The van der Waals surface area contributed by atoms with Crippen molar-refractivity contribution in [2.45, 2.75) is 33.2 Å². The zero-order valence-electron chi connectivity index (χ0n) is 9.04. The summed E-state index contributed by atoms with van der Waals surface area (Å²) in [6.45, 7) is 7.53. The highest BCUT2D eigenvalue weighted by Crippen LogP contribution is 2.23. The number of aromatic nitrogens is 1.